The lowest BCUT2D eigenvalue weighted by atomic mass is 10.1. The highest BCUT2D eigenvalue weighted by Crippen LogP contribution is 2.32. The second-order valence-electron chi connectivity index (χ2n) is 6.80. The molecule has 2 aromatic carbocycles. The van der Waals surface area contributed by atoms with E-state index >= 15 is 0 Å². The van der Waals surface area contributed by atoms with E-state index in [1.807, 2.05) is 54.7 Å². The van der Waals surface area contributed by atoms with E-state index in [1.54, 1.807) is 13.4 Å². The van der Waals surface area contributed by atoms with E-state index in [0.717, 1.165) is 27.6 Å². The van der Waals surface area contributed by atoms with Crippen molar-refractivity contribution < 1.29 is 9.26 Å². The Balaban J connectivity index is 1.70. The molecule has 0 aliphatic heterocycles. The summed E-state index contributed by atoms with van der Waals surface area (Å²) in [7, 11) is 1.62. The van der Waals surface area contributed by atoms with Gasteiger partial charge in [0.05, 0.1) is 18.4 Å². The van der Waals surface area contributed by atoms with Crippen LogP contribution in [0.5, 0.6) is 0 Å². The number of ether oxygens (including phenoxy) is 1. The molecule has 0 radical (unpaired) electrons. The minimum absolute atomic E-state index is 0.329. The van der Waals surface area contributed by atoms with Gasteiger partial charge >= 0.3 is 0 Å². The molecule has 0 bridgehead atoms. The summed E-state index contributed by atoms with van der Waals surface area (Å²) in [6.07, 6.45) is 5.46. The molecular formula is C22H20ClN3O2. The molecule has 0 atom stereocenters. The van der Waals surface area contributed by atoms with Crippen LogP contribution in [0.4, 0.5) is 0 Å². The predicted molar refractivity (Wildman–Crippen MR) is 112 cm³/mol. The molecule has 5 nitrogen and oxygen atoms in total. The number of nitrogens with zero attached hydrogens (tertiary/aromatic N) is 3. The molecule has 0 N–H and O–H groups in total. The van der Waals surface area contributed by atoms with Crippen LogP contribution in [0.3, 0.4) is 0 Å². The number of hydrogen-bond donors (Lipinski definition) is 0. The number of benzene rings is 2. The first kappa shape index (κ1) is 18.3. The Bertz CT molecular complexity index is 1160. The van der Waals surface area contributed by atoms with E-state index in [4.69, 9.17) is 20.9 Å². The summed E-state index contributed by atoms with van der Waals surface area (Å²) in [6.45, 7) is 4.26. The molecule has 4 rings (SSSR count). The van der Waals surface area contributed by atoms with Gasteiger partial charge in [0.2, 0.25) is 5.82 Å². The van der Waals surface area contributed by atoms with Crippen LogP contribution in [0.15, 0.2) is 59.4 Å². The zero-order valence-electron chi connectivity index (χ0n) is 15.9. The largest absolute Gasteiger partial charge is 0.504 e. The van der Waals surface area contributed by atoms with Gasteiger partial charge in [0.25, 0.3) is 5.89 Å². The first-order valence-electron chi connectivity index (χ1n) is 9.01. The van der Waals surface area contributed by atoms with Crippen molar-refractivity contribution in [2.45, 2.75) is 19.9 Å². The lowest BCUT2D eigenvalue weighted by Gasteiger charge is -2.08. The number of hydrogen-bond acceptors (Lipinski definition) is 4. The van der Waals surface area contributed by atoms with Gasteiger partial charge in [-0.1, -0.05) is 35.0 Å². The number of aromatic nitrogens is 3. The summed E-state index contributed by atoms with van der Waals surface area (Å²) >= 11 is 6.44. The molecular weight excluding hydrogens is 374 g/mol. The minimum Gasteiger partial charge on any atom is -0.504 e. The number of halogens is 1. The molecule has 2 aromatic heterocycles. The van der Waals surface area contributed by atoms with E-state index < -0.39 is 0 Å². The predicted octanol–water partition coefficient (Wildman–Crippen LogP) is 6.21. The zero-order valence-corrected chi connectivity index (χ0v) is 16.6. The molecule has 0 unspecified atom stereocenters. The Labute approximate surface area is 168 Å². The van der Waals surface area contributed by atoms with Crippen LogP contribution in [-0.4, -0.2) is 21.8 Å². The van der Waals surface area contributed by atoms with Crippen molar-refractivity contribution in [1.29, 1.82) is 0 Å². The maximum atomic E-state index is 6.44. The monoisotopic (exact) mass is 393 g/mol. The van der Waals surface area contributed by atoms with E-state index in [-0.39, 0.29) is 0 Å². The molecule has 0 spiro atoms. The second-order valence-corrected chi connectivity index (χ2v) is 7.20. The average molecular weight is 394 g/mol. The number of rotatable bonds is 5. The minimum atomic E-state index is 0.329. The molecule has 0 fully saturated rings. The standard InChI is InChI=1S/C22H20ClN3O2/c1-14(2)26-13-19(23)18-12-17(7-8-20(18)26)22-24-21(25-28-22)16-6-4-5-15(11-16)9-10-27-3/h4-14H,1-3H3/b10-9+. The summed E-state index contributed by atoms with van der Waals surface area (Å²) < 4.78 is 12.6. The fraction of sp³-hybridized carbons (Fsp3) is 0.182. The van der Waals surface area contributed by atoms with Gasteiger partial charge in [-0.3, -0.25) is 0 Å². The molecule has 142 valence electrons. The molecule has 2 heterocycles. The van der Waals surface area contributed by atoms with Crippen LogP contribution < -0.4 is 0 Å². The Morgan fingerprint density at radius 3 is 2.79 bits per heavy atom. The highest BCUT2D eigenvalue weighted by Gasteiger charge is 2.14. The number of methoxy groups -OCH3 is 1. The highest BCUT2D eigenvalue weighted by atomic mass is 35.5. The Morgan fingerprint density at radius 1 is 1.14 bits per heavy atom. The van der Waals surface area contributed by atoms with Crippen molar-refractivity contribution in [3.8, 4) is 22.8 Å². The molecule has 0 saturated heterocycles. The molecule has 0 aliphatic rings. The lowest BCUT2D eigenvalue weighted by molar-refractivity contribution is 0.341. The fourth-order valence-corrected chi connectivity index (χ4v) is 3.42. The van der Waals surface area contributed by atoms with Gasteiger partial charge < -0.3 is 13.8 Å². The molecule has 28 heavy (non-hydrogen) atoms. The van der Waals surface area contributed by atoms with Gasteiger partial charge in [-0.2, -0.15) is 4.98 Å². The van der Waals surface area contributed by atoms with Crippen LogP contribution in [0.2, 0.25) is 5.02 Å². The van der Waals surface area contributed by atoms with Crippen LogP contribution in [-0.2, 0) is 4.74 Å². The van der Waals surface area contributed by atoms with Crippen LogP contribution in [0.1, 0.15) is 25.5 Å². The second kappa shape index (κ2) is 7.52. The van der Waals surface area contributed by atoms with Crippen molar-refractivity contribution in [2.24, 2.45) is 0 Å². The van der Waals surface area contributed by atoms with E-state index in [0.29, 0.717) is 22.8 Å². The number of fused-ring (bicyclic) bond motifs is 1. The van der Waals surface area contributed by atoms with Crippen LogP contribution in [0.25, 0.3) is 39.8 Å². The van der Waals surface area contributed by atoms with Gasteiger partial charge in [0, 0.05) is 34.3 Å². The van der Waals surface area contributed by atoms with Crippen molar-refractivity contribution in [3.05, 3.63) is 65.5 Å². The summed E-state index contributed by atoms with van der Waals surface area (Å²) in [4.78, 5) is 4.57. The van der Waals surface area contributed by atoms with Crippen molar-refractivity contribution in [2.75, 3.05) is 7.11 Å². The Kier molecular flexibility index (Phi) is 4.92. The van der Waals surface area contributed by atoms with Crippen molar-refractivity contribution in [1.82, 2.24) is 14.7 Å². The molecule has 6 heteroatoms. The summed E-state index contributed by atoms with van der Waals surface area (Å²) in [6, 6.07) is 14.2. The van der Waals surface area contributed by atoms with E-state index in [9.17, 15) is 0 Å². The summed E-state index contributed by atoms with van der Waals surface area (Å²) in [5, 5.41) is 5.82. The smallest absolute Gasteiger partial charge is 0.258 e. The summed E-state index contributed by atoms with van der Waals surface area (Å²) in [5.41, 5.74) is 3.79. The van der Waals surface area contributed by atoms with Gasteiger partial charge in [-0.25, -0.2) is 0 Å². The normalized spacial score (nSPS) is 11.8. The maximum Gasteiger partial charge on any atom is 0.258 e. The van der Waals surface area contributed by atoms with Crippen molar-refractivity contribution in [3.63, 3.8) is 0 Å². The Hall–Kier alpha value is -3.05. The van der Waals surface area contributed by atoms with Gasteiger partial charge in [-0.05, 0) is 49.8 Å². The Morgan fingerprint density at radius 2 is 2.00 bits per heavy atom. The first-order valence-corrected chi connectivity index (χ1v) is 9.38. The summed E-state index contributed by atoms with van der Waals surface area (Å²) in [5.74, 6) is 0.997. The third kappa shape index (κ3) is 3.41. The van der Waals surface area contributed by atoms with Crippen LogP contribution >= 0.6 is 11.6 Å². The zero-order chi connectivity index (χ0) is 19.7. The highest BCUT2D eigenvalue weighted by molar-refractivity contribution is 6.35. The first-order chi connectivity index (χ1) is 13.6. The topological polar surface area (TPSA) is 53.1 Å². The average Bonchev–Trinajstić information content (AvgIpc) is 3.32. The molecule has 0 saturated carbocycles. The third-order valence-corrected chi connectivity index (χ3v) is 4.86. The van der Waals surface area contributed by atoms with Crippen molar-refractivity contribution >= 4 is 28.6 Å². The van der Waals surface area contributed by atoms with E-state index in [2.05, 4.69) is 28.6 Å². The SMILES string of the molecule is CO/C=C/c1cccc(-c2noc(-c3ccc4c(c3)c(Cl)cn4C(C)C)n2)c1. The maximum absolute atomic E-state index is 6.44. The van der Waals surface area contributed by atoms with Gasteiger partial charge in [0.15, 0.2) is 0 Å². The lowest BCUT2D eigenvalue weighted by Crippen LogP contribution is -1.97. The molecule has 4 aromatic rings. The van der Waals surface area contributed by atoms with Gasteiger partial charge in [-0.15, -0.1) is 0 Å². The third-order valence-electron chi connectivity index (χ3n) is 4.56. The quantitative estimate of drug-likeness (QED) is 0.378. The fourth-order valence-electron chi connectivity index (χ4n) is 3.16. The molecule has 0 aliphatic carbocycles. The van der Waals surface area contributed by atoms with E-state index in [1.165, 1.54) is 0 Å². The van der Waals surface area contributed by atoms with Crippen LogP contribution in [0, 0.1) is 0 Å². The molecule has 0 amide bonds. The van der Waals surface area contributed by atoms with Gasteiger partial charge in [0.1, 0.15) is 0 Å².